The van der Waals surface area contributed by atoms with Gasteiger partial charge >= 0.3 is 0 Å². The molecule has 1 fully saturated rings. The van der Waals surface area contributed by atoms with Gasteiger partial charge in [0.2, 0.25) is 5.91 Å². The molecule has 1 aliphatic rings. The van der Waals surface area contributed by atoms with E-state index in [1.165, 1.54) is 0 Å². The van der Waals surface area contributed by atoms with Crippen LogP contribution in [0.2, 0.25) is 0 Å². The molecule has 0 atom stereocenters. The summed E-state index contributed by atoms with van der Waals surface area (Å²) in [7, 11) is 0. The summed E-state index contributed by atoms with van der Waals surface area (Å²) in [5, 5.41) is 8.18. The fourth-order valence-corrected chi connectivity index (χ4v) is 2.37. The van der Waals surface area contributed by atoms with Crippen LogP contribution in [0.5, 0.6) is 0 Å². The molecule has 6 heteroatoms. The number of carbonyl (C=O) groups is 1. The lowest BCUT2D eigenvalue weighted by atomic mass is 10.1. The zero-order chi connectivity index (χ0) is 13.2. The molecular formula is C13H13BrN4O. The van der Waals surface area contributed by atoms with E-state index in [-0.39, 0.29) is 11.9 Å². The predicted molar refractivity (Wildman–Crippen MR) is 73.5 cm³/mol. The van der Waals surface area contributed by atoms with Gasteiger partial charge in [-0.2, -0.15) is 15.0 Å². The van der Waals surface area contributed by atoms with E-state index in [2.05, 4.69) is 26.1 Å². The summed E-state index contributed by atoms with van der Waals surface area (Å²) in [6.45, 7) is 1.40. The third-order valence-electron chi connectivity index (χ3n) is 3.25. The van der Waals surface area contributed by atoms with Crippen LogP contribution in [-0.2, 0) is 11.2 Å². The van der Waals surface area contributed by atoms with Crippen LogP contribution in [0.15, 0.2) is 41.1 Å². The van der Waals surface area contributed by atoms with Gasteiger partial charge < -0.3 is 4.90 Å². The first-order valence-electron chi connectivity index (χ1n) is 6.10. The number of likely N-dealkylation sites (tertiary alicyclic amines) is 1. The van der Waals surface area contributed by atoms with Gasteiger partial charge in [0.15, 0.2) is 0 Å². The molecule has 1 aliphatic heterocycles. The third-order valence-corrected chi connectivity index (χ3v) is 3.78. The monoisotopic (exact) mass is 320 g/mol. The molecule has 0 unspecified atom stereocenters. The number of benzene rings is 1. The molecule has 0 aliphatic carbocycles. The van der Waals surface area contributed by atoms with Gasteiger partial charge in [-0.15, -0.1) is 0 Å². The first-order valence-corrected chi connectivity index (χ1v) is 6.90. The first-order chi connectivity index (χ1) is 9.22. The Labute approximate surface area is 119 Å². The Morgan fingerprint density at radius 1 is 1.21 bits per heavy atom. The maximum absolute atomic E-state index is 12.1. The van der Waals surface area contributed by atoms with Gasteiger partial charge in [-0.1, -0.05) is 28.1 Å². The normalized spacial score (nSPS) is 15.3. The summed E-state index contributed by atoms with van der Waals surface area (Å²) in [5.41, 5.74) is 1.04. The second-order valence-corrected chi connectivity index (χ2v) is 5.52. The van der Waals surface area contributed by atoms with Crippen LogP contribution in [0.3, 0.4) is 0 Å². The summed E-state index contributed by atoms with van der Waals surface area (Å²) in [5.74, 6) is 0.158. The third kappa shape index (κ3) is 2.68. The van der Waals surface area contributed by atoms with Gasteiger partial charge in [0.25, 0.3) is 0 Å². The quantitative estimate of drug-likeness (QED) is 0.864. The number of aromatic nitrogens is 3. The number of nitrogens with zero attached hydrogens (tertiary/aromatic N) is 4. The summed E-state index contributed by atoms with van der Waals surface area (Å²) in [6.07, 6.45) is 3.77. The summed E-state index contributed by atoms with van der Waals surface area (Å²) in [4.78, 5) is 15.6. The Morgan fingerprint density at radius 2 is 1.84 bits per heavy atom. The smallest absolute Gasteiger partial charge is 0.227 e. The number of hydrogen-bond acceptors (Lipinski definition) is 3. The van der Waals surface area contributed by atoms with E-state index in [0.29, 0.717) is 19.5 Å². The van der Waals surface area contributed by atoms with Gasteiger partial charge in [0.05, 0.1) is 18.8 Å². The average Bonchev–Trinajstić information content (AvgIpc) is 2.84. The first kappa shape index (κ1) is 12.3. The van der Waals surface area contributed by atoms with Crippen molar-refractivity contribution in [3.05, 3.63) is 46.7 Å². The fourth-order valence-electron chi connectivity index (χ4n) is 2.11. The second kappa shape index (κ2) is 5.13. The maximum Gasteiger partial charge on any atom is 0.227 e. The predicted octanol–water partition coefficient (Wildman–Crippen LogP) is 1.67. The number of halogens is 1. The van der Waals surface area contributed by atoms with Crippen molar-refractivity contribution in [2.24, 2.45) is 0 Å². The molecule has 0 bridgehead atoms. The van der Waals surface area contributed by atoms with Crippen LogP contribution < -0.4 is 0 Å². The van der Waals surface area contributed by atoms with Crippen molar-refractivity contribution < 1.29 is 4.79 Å². The van der Waals surface area contributed by atoms with Gasteiger partial charge in [-0.05, 0) is 17.7 Å². The van der Waals surface area contributed by atoms with E-state index in [9.17, 15) is 4.79 Å². The molecule has 3 rings (SSSR count). The van der Waals surface area contributed by atoms with Crippen LogP contribution >= 0.6 is 15.9 Å². The average molecular weight is 321 g/mol. The molecule has 1 saturated heterocycles. The van der Waals surface area contributed by atoms with Crippen LogP contribution in [0.4, 0.5) is 0 Å². The molecule has 1 amide bonds. The highest BCUT2D eigenvalue weighted by Crippen LogP contribution is 2.20. The molecule has 2 aromatic rings. The molecule has 2 heterocycles. The summed E-state index contributed by atoms with van der Waals surface area (Å²) >= 11 is 3.38. The highest BCUT2D eigenvalue weighted by molar-refractivity contribution is 9.10. The van der Waals surface area contributed by atoms with Crippen molar-refractivity contribution in [1.29, 1.82) is 0 Å². The number of carbonyl (C=O) groups excluding carboxylic acids is 1. The lowest BCUT2D eigenvalue weighted by molar-refractivity contribution is -0.136. The van der Waals surface area contributed by atoms with E-state index < -0.39 is 0 Å². The second-order valence-electron chi connectivity index (χ2n) is 4.61. The SMILES string of the molecule is O=C(Cc1ccc(Br)cc1)N1CC(n2nccn2)C1. The van der Waals surface area contributed by atoms with Gasteiger partial charge in [0, 0.05) is 17.6 Å². The molecule has 0 saturated carbocycles. The van der Waals surface area contributed by atoms with Gasteiger partial charge in [0.1, 0.15) is 6.04 Å². The van der Waals surface area contributed by atoms with Crippen molar-refractivity contribution in [2.75, 3.05) is 13.1 Å². The molecule has 1 aromatic heterocycles. The van der Waals surface area contributed by atoms with Crippen molar-refractivity contribution in [3.8, 4) is 0 Å². The molecule has 0 spiro atoms. The van der Waals surface area contributed by atoms with Crippen LogP contribution in [0.1, 0.15) is 11.6 Å². The maximum atomic E-state index is 12.1. The molecule has 98 valence electrons. The van der Waals surface area contributed by atoms with Crippen molar-refractivity contribution in [1.82, 2.24) is 19.9 Å². The van der Waals surface area contributed by atoms with Crippen molar-refractivity contribution in [3.63, 3.8) is 0 Å². The van der Waals surface area contributed by atoms with E-state index >= 15 is 0 Å². The van der Waals surface area contributed by atoms with Crippen LogP contribution in [0.25, 0.3) is 0 Å². The highest BCUT2D eigenvalue weighted by atomic mass is 79.9. The number of rotatable bonds is 3. The van der Waals surface area contributed by atoms with Gasteiger partial charge in [-0.25, -0.2) is 0 Å². The lowest BCUT2D eigenvalue weighted by Gasteiger charge is -2.38. The summed E-state index contributed by atoms with van der Waals surface area (Å²) in [6, 6.07) is 8.07. The number of hydrogen-bond donors (Lipinski definition) is 0. The van der Waals surface area contributed by atoms with Crippen LogP contribution in [-0.4, -0.2) is 38.9 Å². The van der Waals surface area contributed by atoms with Crippen molar-refractivity contribution >= 4 is 21.8 Å². The Hall–Kier alpha value is -1.69. The topological polar surface area (TPSA) is 51.0 Å². The number of amides is 1. The lowest BCUT2D eigenvalue weighted by Crippen LogP contribution is -2.51. The molecule has 0 N–H and O–H groups in total. The zero-order valence-corrected chi connectivity index (χ0v) is 11.8. The Kier molecular flexibility index (Phi) is 3.33. The minimum Gasteiger partial charge on any atom is -0.338 e. The Morgan fingerprint density at radius 3 is 2.47 bits per heavy atom. The molecule has 1 aromatic carbocycles. The largest absolute Gasteiger partial charge is 0.338 e. The zero-order valence-electron chi connectivity index (χ0n) is 10.2. The van der Waals surface area contributed by atoms with E-state index in [0.717, 1.165) is 10.0 Å². The minimum atomic E-state index is 0.158. The molecule has 5 nitrogen and oxygen atoms in total. The van der Waals surface area contributed by atoms with E-state index in [1.54, 1.807) is 17.2 Å². The van der Waals surface area contributed by atoms with E-state index in [4.69, 9.17) is 0 Å². The van der Waals surface area contributed by atoms with Crippen LogP contribution in [0, 0.1) is 0 Å². The van der Waals surface area contributed by atoms with E-state index in [1.807, 2.05) is 29.2 Å². The molecular weight excluding hydrogens is 308 g/mol. The van der Waals surface area contributed by atoms with Crippen molar-refractivity contribution in [2.45, 2.75) is 12.5 Å². The highest BCUT2D eigenvalue weighted by Gasteiger charge is 2.32. The standard InChI is InChI=1S/C13H13BrN4O/c14-11-3-1-10(2-4-11)7-13(19)17-8-12(9-17)18-15-5-6-16-18/h1-6,12H,7-9H2. The summed E-state index contributed by atoms with van der Waals surface area (Å²) < 4.78 is 1.03. The molecule has 0 radical (unpaired) electrons. The Balaban J connectivity index is 1.54. The van der Waals surface area contributed by atoms with Gasteiger partial charge in [-0.3, -0.25) is 4.79 Å². The molecule has 19 heavy (non-hydrogen) atoms. The fraction of sp³-hybridized carbons (Fsp3) is 0.308. The minimum absolute atomic E-state index is 0.158. The Bertz CT molecular complexity index is 561.